The Morgan fingerprint density at radius 1 is 1.71 bits per heavy atom. The van der Waals surface area contributed by atoms with Gasteiger partial charge >= 0.3 is 5.97 Å². The van der Waals surface area contributed by atoms with Crippen LogP contribution < -0.4 is 5.32 Å². The zero-order valence-corrected chi connectivity index (χ0v) is 8.21. The molecule has 1 aromatic heterocycles. The lowest BCUT2D eigenvalue weighted by atomic mass is 10.3. The first kappa shape index (κ1) is 10.7. The second-order valence-corrected chi connectivity index (χ2v) is 3.15. The fraction of sp³-hybridized carbons (Fsp3) is 0.556. The molecule has 1 aromatic rings. The monoisotopic (exact) mass is 197 g/mol. The second kappa shape index (κ2) is 5.39. The minimum atomic E-state index is -0.747. The van der Waals surface area contributed by atoms with Crippen molar-refractivity contribution in [2.45, 2.75) is 26.3 Å². The minimum Gasteiger partial charge on any atom is -0.481 e. The van der Waals surface area contributed by atoms with Gasteiger partial charge in [0.1, 0.15) is 0 Å². The number of H-pyrrole nitrogens is 1. The predicted molar refractivity (Wildman–Crippen MR) is 51.9 cm³/mol. The Kier molecular flexibility index (Phi) is 4.12. The molecular formula is C9H15N3O2. The van der Waals surface area contributed by atoms with E-state index in [1.54, 1.807) is 6.33 Å². The van der Waals surface area contributed by atoms with Crippen molar-refractivity contribution in [2.75, 3.05) is 6.54 Å². The Morgan fingerprint density at radius 3 is 3.07 bits per heavy atom. The number of aromatic amines is 1. The molecule has 0 aliphatic heterocycles. The smallest absolute Gasteiger partial charge is 0.303 e. The van der Waals surface area contributed by atoms with Crippen LogP contribution in [-0.2, 0) is 11.3 Å². The molecule has 0 atom stereocenters. The quantitative estimate of drug-likeness (QED) is 0.586. The number of hydrogen-bond acceptors (Lipinski definition) is 3. The molecule has 0 saturated heterocycles. The van der Waals surface area contributed by atoms with E-state index in [4.69, 9.17) is 5.11 Å². The fourth-order valence-corrected chi connectivity index (χ4v) is 1.14. The number of aromatic nitrogens is 2. The van der Waals surface area contributed by atoms with Crippen LogP contribution in [0.25, 0.3) is 0 Å². The molecule has 5 heteroatoms. The van der Waals surface area contributed by atoms with Gasteiger partial charge in [-0.1, -0.05) is 0 Å². The third-order valence-electron chi connectivity index (χ3n) is 1.97. The van der Waals surface area contributed by atoms with E-state index in [2.05, 4.69) is 15.3 Å². The molecule has 14 heavy (non-hydrogen) atoms. The molecule has 1 rings (SSSR count). The largest absolute Gasteiger partial charge is 0.481 e. The van der Waals surface area contributed by atoms with E-state index in [0.29, 0.717) is 19.5 Å². The lowest BCUT2D eigenvalue weighted by Gasteiger charge is -2.01. The number of hydrogen-bond donors (Lipinski definition) is 3. The number of nitrogens with one attached hydrogen (secondary N) is 2. The number of rotatable bonds is 6. The van der Waals surface area contributed by atoms with Gasteiger partial charge in [-0.3, -0.25) is 4.79 Å². The Bertz CT molecular complexity index is 296. The van der Waals surface area contributed by atoms with Crippen LogP contribution in [0.5, 0.6) is 0 Å². The lowest BCUT2D eigenvalue weighted by Crippen LogP contribution is -2.16. The van der Waals surface area contributed by atoms with E-state index in [-0.39, 0.29) is 6.42 Å². The van der Waals surface area contributed by atoms with Crippen LogP contribution in [0.1, 0.15) is 24.2 Å². The summed E-state index contributed by atoms with van der Waals surface area (Å²) in [6, 6.07) is 0. The van der Waals surface area contributed by atoms with Crippen molar-refractivity contribution in [1.82, 2.24) is 15.3 Å². The van der Waals surface area contributed by atoms with E-state index in [9.17, 15) is 4.79 Å². The molecule has 0 spiro atoms. The third kappa shape index (κ3) is 3.57. The van der Waals surface area contributed by atoms with Crippen molar-refractivity contribution in [1.29, 1.82) is 0 Å². The van der Waals surface area contributed by atoms with Crippen LogP contribution >= 0.6 is 0 Å². The minimum absolute atomic E-state index is 0.215. The molecule has 0 saturated carbocycles. The van der Waals surface area contributed by atoms with Crippen molar-refractivity contribution in [3.05, 3.63) is 17.7 Å². The van der Waals surface area contributed by atoms with Gasteiger partial charge in [0.2, 0.25) is 0 Å². The van der Waals surface area contributed by atoms with Crippen molar-refractivity contribution < 1.29 is 9.90 Å². The predicted octanol–water partition coefficient (Wildman–Crippen LogP) is 0.673. The first-order valence-corrected chi connectivity index (χ1v) is 4.61. The molecule has 0 bridgehead atoms. The molecule has 3 N–H and O–H groups in total. The summed E-state index contributed by atoms with van der Waals surface area (Å²) in [6.45, 7) is 3.36. The maximum Gasteiger partial charge on any atom is 0.303 e. The van der Waals surface area contributed by atoms with Gasteiger partial charge in [-0.2, -0.15) is 0 Å². The van der Waals surface area contributed by atoms with Crippen LogP contribution in [0.4, 0.5) is 0 Å². The van der Waals surface area contributed by atoms with Gasteiger partial charge in [-0.05, 0) is 19.9 Å². The third-order valence-corrected chi connectivity index (χ3v) is 1.97. The Hall–Kier alpha value is -1.36. The van der Waals surface area contributed by atoms with Crippen molar-refractivity contribution in [3.63, 3.8) is 0 Å². The van der Waals surface area contributed by atoms with Gasteiger partial charge in [0, 0.05) is 18.7 Å². The van der Waals surface area contributed by atoms with Gasteiger partial charge in [0.25, 0.3) is 0 Å². The first-order chi connectivity index (χ1) is 6.70. The standard InChI is InChI=1S/C9H15N3O2/c1-7-8(12-6-11-7)5-10-4-2-3-9(13)14/h6,10H,2-5H2,1H3,(H,11,12)(H,13,14). The molecule has 0 radical (unpaired) electrons. The molecule has 0 amide bonds. The molecule has 5 nitrogen and oxygen atoms in total. The summed E-state index contributed by atoms with van der Waals surface area (Å²) in [5, 5.41) is 11.5. The number of nitrogens with zero attached hydrogens (tertiary/aromatic N) is 1. The molecule has 0 fully saturated rings. The number of carboxylic acids is 1. The highest BCUT2D eigenvalue weighted by Gasteiger charge is 2.00. The molecule has 0 aliphatic carbocycles. The summed E-state index contributed by atoms with van der Waals surface area (Å²) >= 11 is 0. The summed E-state index contributed by atoms with van der Waals surface area (Å²) < 4.78 is 0. The van der Waals surface area contributed by atoms with E-state index in [1.165, 1.54) is 0 Å². The zero-order chi connectivity index (χ0) is 10.4. The van der Waals surface area contributed by atoms with Crippen LogP contribution in [-0.4, -0.2) is 27.6 Å². The molecule has 78 valence electrons. The lowest BCUT2D eigenvalue weighted by molar-refractivity contribution is -0.137. The highest BCUT2D eigenvalue weighted by Crippen LogP contribution is 1.99. The Morgan fingerprint density at radius 2 is 2.50 bits per heavy atom. The summed E-state index contributed by atoms with van der Waals surface area (Å²) in [6.07, 6.45) is 2.52. The Labute approximate surface area is 82.6 Å². The van der Waals surface area contributed by atoms with Gasteiger partial charge in [-0.25, -0.2) is 4.98 Å². The summed E-state index contributed by atoms with van der Waals surface area (Å²) in [5.74, 6) is -0.747. The Balaban J connectivity index is 2.10. The van der Waals surface area contributed by atoms with E-state index < -0.39 is 5.97 Å². The highest BCUT2D eigenvalue weighted by molar-refractivity contribution is 5.66. The number of imidazole rings is 1. The number of carbonyl (C=O) groups is 1. The number of aryl methyl sites for hydroxylation is 1. The van der Waals surface area contributed by atoms with Crippen molar-refractivity contribution >= 4 is 5.97 Å². The first-order valence-electron chi connectivity index (χ1n) is 4.61. The molecule has 0 unspecified atom stereocenters. The van der Waals surface area contributed by atoms with Crippen LogP contribution in [0.3, 0.4) is 0 Å². The maximum absolute atomic E-state index is 10.2. The van der Waals surface area contributed by atoms with Gasteiger partial charge in [-0.15, -0.1) is 0 Å². The van der Waals surface area contributed by atoms with Crippen molar-refractivity contribution in [2.24, 2.45) is 0 Å². The van der Waals surface area contributed by atoms with Crippen LogP contribution in [0, 0.1) is 6.92 Å². The van der Waals surface area contributed by atoms with Gasteiger partial charge < -0.3 is 15.4 Å². The summed E-state index contributed by atoms with van der Waals surface area (Å²) in [5.41, 5.74) is 2.04. The van der Waals surface area contributed by atoms with Crippen LogP contribution in [0.2, 0.25) is 0 Å². The van der Waals surface area contributed by atoms with E-state index in [1.807, 2.05) is 6.92 Å². The normalized spacial score (nSPS) is 10.4. The summed E-state index contributed by atoms with van der Waals surface area (Å²) in [7, 11) is 0. The molecule has 0 aromatic carbocycles. The SMILES string of the molecule is Cc1[nH]cnc1CNCCCC(=O)O. The summed E-state index contributed by atoms with van der Waals surface area (Å²) in [4.78, 5) is 17.3. The van der Waals surface area contributed by atoms with Crippen molar-refractivity contribution in [3.8, 4) is 0 Å². The van der Waals surface area contributed by atoms with Crippen LogP contribution in [0.15, 0.2) is 6.33 Å². The highest BCUT2D eigenvalue weighted by atomic mass is 16.4. The average Bonchev–Trinajstić information content (AvgIpc) is 2.51. The van der Waals surface area contributed by atoms with E-state index in [0.717, 1.165) is 11.4 Å². The van der Waals surface area contributed by atoms with E-state index >= 15 is 0 Å². The number of aliphatic carboxylic acids is 1. The van der Waals surface area contributed by atoms with Gasteiger partial charge in [0.15, 0.2) is 0 Å². The molecular weight excluding hydrogens is 182 g/mol. The topological polar surface area (TPSA) is 78.0 Å². The zero-order valence-electron chi connectivity index (χ0n) is 8.21. The van der Waals surface area contributed by atoms with Gasteiger partial charge in [0.05, 0.1) is 12.0 Å². The average molecular weight is 197 g/mol. The molecule has 1 heterocycles. The second-order valence-electron chi connectivity index (χ2n) is 3.15. The number of carboxylic acid groups (broad SMARTS) is 1. The fourth-order valence-electron chi connectivity index (χ4n) is 1.14. The maximum atomic E-state index is 10.2. The molecule has 0 aliphatic rings.